The van der Waals surface area contributed by atoms with Crippen molar-refractivity contribution in [3.63, 3.8) is 0 Å². The third-order valence-electron chi connectivity index (χ3n) is 5.05. The van der Waals surface area contributed by atoms with E-state index in [0.717, 1.165) is 35.5 Å². The van der Waals surface area contributed by atoms with Crippen molar-refractivity contribution >= 4 is 0 Å². The summed E-state index contributed by atoms with van der Waals surface area (Å²) < 4.78 is 17.3. The molecule has 0 bridgehead atoms. The summed E-state index contributed by atoms with van der Waals surface area (Å²) in [5.41, 5.74) is 9.62. The van der Waals surface area contributed by atoms with E-state index in [2.05, 4.69) is 30.3 Å². The average Bonchev–Trinajstić information content (AvgIpc) is 2.67. The lowest BCUT2D eigenvalue weighted by Gasteiger charge is -2.28. The summed E-state index contributed by atoms with van der Waals surface area (Å²) >= 11 is 0. The molecule has 2 aromatic rings. The molecule has 25 heavy (non-hydrogen) atoms. The Morgan fingerprint density at radius 2 is 1.60 bits per heavy atom. The number of nitrogens with two attached hydrogens (primary N) is 1. The largest absolute Gasteiger partial charge is 0.486 e. The Bertz CT molecular complexity index is 714. The van der Waals surface area contributed by atoms with E-state index >= 15 is 0 Å². The first-order valence-electron chi connectivity index (χ1n) is 9.16. The van der Waals surface area contributed by atoms with Crippen molar-refractivity contribution in [2.75, 3.05) is 13.2 Å². The standard InChI is InChI=1S/C21H25NO3/c22-18-3-1-2-4-19(18)25-14-15-5-7-16(8-6-15)17-9-10-20-21(13-17)24-12-11-23-20/h5-10,13,18-19H,1-4,11-12,14,22H2. The van der Waals surface area contributed by atoms with Crippen LogP contribution in [-0.4, -0.2) is 25.4 Å². The van der Waals surface area contributed by atoms with E-state index in [-0.39, 0.29) is 12.1 Å². The minimum atomic E-state index is 0.186. The van der Waals surface area contributed by atoms with Gasteiger partial charge in [-0.05, 0) is 41.7 Å². The van der Waals surface area contributed by atoms with Gasteiger partial charge in [0.15, 0.2) is 11.5 Å². The smallest absolute Gasteiger partial charge is 0.161 e. The molecule has 2 aliphatic rings. The molecule has 1 aliphatic heterocycles. The summed E-state index contributed by atoms with van der Waals surface area (Å²) in [4.78, 5) is 0. The topological polar surface area (TPSA) is 53.7 Å². The van der Waals surface area contributed by atoms with Gasteiger partial charge < -0.3 is 19.9 Å². The van der Waals surface area contributed by atoms with Gasteiger partial charge in [-0.15, -0.1) is 0 Å². The molecule has 2 aromatic carbocycles. The van der Waals surface area contributed by atoms with Gasteiger partial charge in [0, 0.05) is 6.04 Å². The van der Waals surface area contributed by atoms with Crippen LogP contribution >= 0.6 is 0 Å². The molecule has 1 saturated carbocycles. The van der Waals surface area contributed by atoms with Crippen molar-refractivity contribution in [2.24, 2.45) is 5.73 Å². The Hall–Kier alpha value is -2.04. The number of fused-ring (bicyclic) bond motifs is 1. The van der Waals surface area contributed by atoms with Crippen molar-refractivity contribution < 1.29 is 14.2 Å². The van der Waals surface area contributed by atoms with E-state index < -0.39 is 0 Å². The quantitative estimate of drug-likeness (QED) is 0.917. The molecule has 0 aromatic heterocycles. The Morgan fingerprint density at radius 1 is 0.880 bits per heavy atom. The Kier molecular flexibility index (Phi) is 4.90. The fourth-order valence-corrected chi connectivity index (χ4v) is 3.55. The number of ether oxygens (including phenoxy) is 3. The lowest BCUT2D eigenvalue weighted by Crippen LogP contribution is -2.39. The molecule has 1 aliphatic carbocycles. The van der Waals surface area contributed by atoms with Gasteiger partial charge in [-0.25, -0.2) is 0 Å². The fourth-order valence-electron chi connectivity index (χ4n) is 3.55. The highest BCUT2D eigenvalue weighted by molar-refractivity contribution is 5.67. The number of hydrogen-bond acceptors (Lipinski definition) is 4. The van der Waals surface area contributed by atoms with E-state index in [9.17, 15) is 0 Å². The molecule has 132 valence electrons. The van der Waals surface area contributed by atoms with Crippen molar-refractivity contribution in [1.29, 1.82) is 0 Å². The Balaban J connectivity index is 1.41. The Morgan fingerprint density at radius 3 is 2.40 bits per heavy atom. The van der Waals surface area contributed by atoms with Crippen molar-refractivity contribution in [3.05, 3.63) is 48.0 Å². The van der Waals surface area contributed by atoms with Crippen LogP contribution in [0.1, 0.15) is 31.2 Å². The predicted octanol–water partition coefficient (Wildman–Crippen LogP) is 3.91. The number of rotatable bonds is 4. The zero-order valence-corrected chi connectivity index (χ0v) is 14.4. The van der Waals surface area contributed by atoms with Gasteiger partial charge >= 0.3 is 0 Å². The molecule has 2 unspecified atom stereocenters. The maximum absolute atomic E-state index is 6.15. The van der Waals surface area contributed by atoms with Crippen LogP contribution in [0.5, 0.6) is 11.5 Å². The monoisotopic (exact) mass is 339 g/mol. The predicted molar refractivity (Wildman–Crippen MR) is 97.9 cm³/mol. The minimum absolute atomic E-state index is 0.186. The van der Waals surface area contributed by atoms with Crippen LogP contribution in [0, 0.1) is 0 Å². The molecule has 1 heterocycles. The molecule has 1 fully saturated rings. The van der Waals surface area contributed by atoms with Gasteiger partial charge in [-0.1, -0.05) is 43.2 Å². The van der Waals surface area contributed by atoms with Gasteiger partial charge in [-0.3, -0.25) is 0 Å². The highest BCUT2D eigenvalue weighted by atomic mass is 16.6. The average molecular weight is 339 g/mol. The zero-order chi connectivity index (χ0) is 17.1. The van der Waals surface area contributed by atoms with E-state index in [1.54, 1.807) is 0 Å². The van der Waals surface area contributed by atoms with E-state index in [0.29, 0.717) is 19.8 Å². The molecule has 2 atom stereocenters. The number of hydrogen-bond donors (Lipinski definition) is 1. The first-order valence-corrected chi connectivity index (χ1v) is 9.16. The van der Waals surface area contributed by atoms with E-state index in [1.807, 2.05) is 12.1 Å². The molecule has 0 spiro atoms. The first-order chi connectivity index (χ1) is 12.3. The summed E-state index contributed by atoms with van der Waals surface area (Å²) in [6.45, 7) is 1.85. The van der Waals surface area contributed by atoms with Crippen LogP contribution in [0.15, 0.2) is 42.5 Å². The maximum Gasteiger partial charge on any atom is 0.161 e. The Labute approximate surface area is 148 Å². The normalized spacial score (nSPS) is 22.6. The molecule has 4 rings (SSSR count). The van der Waals surface area contributed by atoms with Crippen LogP contribution in [0.4, 0.5) is 0 Å². The summed E-state index contributed by atoms with van der Waals surface area (Å²) in [7, 11) is 0. The third kappa shape index (κ3) is 3.80. The van der Waals surface area contributed by atoms with Gasteiger partial charge in [0.05, 0.1) is 12.7 Å². The summed E-state index contributed by atoms with van der Waals surface area (Å²) in [5.74, 6) is 1.64. The van der Waals surface area contributed by atoms with Crippen LogP contribution in [0.2, 0.25) is 0 Å². The SMILES string of the molecule is NC1CCCCC1OCc1ccc(-c2ccc3c(c2)OCCO3)cc1. The third-order valence-corrected chi connectivity index (χ3v) is 5.05. The van der Waals surface area contributed by atoms with Crippen LogP contribution < -0.4 is 15.2 Å². The molecule has 0 radical (unpaired) electrons. The van der Waals surface area contributed by atoms with Gasteiger partial charge in [0.25, 0.3) is 0 Å². The molecule has 0 saturated heterocycles. The summed E-state index contributed by atoms with van der Waals surface area (Å²) in [6.07, 6.45) is 4.81. The molecule has 0 amide bonds. The highest BCUT2D eigenvalue weighted by Crippen LogP contribution is 2.34. The zero-order valence-electron chi connectivity index (χ0n) is 14.4. The summed E-state index contributed by atoms with van der Waals surface area (Å²) in [6, 6.07) is 14.8. The van der Waals surface area contributed by atoms with Crippen LogP contribution in [-0.2, 0) is 11.3 Å². The lowest BCUT2D eigenvalue weighted by molar-refractivity contribution is 0.00405. The van der Waals surface area contributed by atoms with Crippen molar-refractivity contribution in [2.45, 2.75) is 44.4 Å². The molecule has 2 N–H and O–H groups in total. The van der Waals surface area contributed by atoms with Crippen molar-refractivity contribution in [3.8, 4) is 22.6 Å². The highest BCUT2D eigenvalue weighted by Gasteiger charge is 2.22. The van der Waals surface area contributed by atoms with E-state index in [4.69, 9.17) is 19.9 Å². The second kappa shape index (κ2) is 7.46. The second-order valence-corrected chi connectivity index (χ2v) is 6.85. The van der Waals surface area contributed by atoms with Crippen molar-refractivity contribution in [1.82, 2.24) is 0 Å². The minimum Gasteiger partial charge on any atom is -0.486 e. The number of benzene rings is 2. The maximum atomic E-state index is 6.15. The van der Waals surface area contributed by atoms with Gasteiger partial charge in [0.1, 0.15) is 13.2 Å². The van der Waals surface area contributed by atoms with Gasteiger partial charge in [-0.2, -0.15) is 0 Å². The van der Waals surface area contributed by atoms with Gasteiger partial charge in [0.2, 0.25) is 0 Å². The van der Waals surface area contributed by atoms with Crippen LogP contribution in [0.25, 0.3) is 11.1 Å². The first kappa shape index (κ1) is 16.4. The fraction of sp³-hybridized carbons (Fsp3) is 0.429. The van der Waals surface area contributed by atoms with Crippen LogP contribution in [0.3, 0.4) is 0 Å². The second-order valence-electron chi connectivity index (χ2n) is 6.85. The molecule has 4 nitrogen and oxygen atoms in total. The molecule has 4 heteroatoms. The lowest BCUT2D eigenvalue weighted by atomic mass is 9.93. The summed E-state index contributed by atoms with van der Waals surface area (Å²) in [5, 5.41) is 0. The molecular formula is C21H25NO3. The molecular weight excluding hydrogens is 314 g/mol. The van der Waals surface area contributed by atoms with E-state index in [1.165, 1.54) is 18.4 Å².